The minimum Gasteiger partial charge on any atom is -0.481 e. The van der Waals surface area contributed by atoms with E-state index in [0.29, 0.717) is 5.69 Å². The predicted octanol–water partition coefficient (Wildman–Crippen LogP) is 0.977. The van der Waals surface area contributed by atoms with Crippen LogP contribution >= 0.6 is 0 Å². The molecular formula is C15H13NO6. The van der Waals surface area contributed by atoms with E-state index in [0.717, 1.165) is 0 Å². The lowest BCUT2D eigenvalue weighted by molar-refractivity contribution is -0.145. The largest absolute Gasteiger partial charge is 0.481 e. The van der Waals surface area contributed by atoms with E-state index >= 15 is 0 Å². The number of hydrogen-bond acceptors (Lipinski definition) is 4. The monoisotopic (exact) mass is 303 g/mol. The molecule has 2 heterocycles. The smallest absolute Gasteiger partial charge is 0.335 e. The summed E-state index contributed by atoms with van der Waals surface area (Å²) in [5, 5.41) is 20.8. The van der Waals surface area contributed by atoms with Gasteiger partial charge in [-0.05, 0) is 18.2 Å². The van der Waals surface area contributed by atoms with E-state index in [-0.39, 0.29) is 5.56 Å². The molecule has 1 fully saturated rings. The Balaban J connectivity index is 1.80. The molecule has 114 valence electrons. The van der Waals surface area contributed by atoms with Crippen LogP contribution in [0.4, 0.5) is 5.69 Å². The van der Waals surface area contributed by atoms with Crippen molar-refractivity contribution in [2.75, 3.05) is 5.32 Å². The Morgan fingerprint density at radius 1 is 1.05 bits per heavy atom. The molecule has 0 spiro atoms. The maximum atomic E-state index is 12.4. The van der Waals surface area contributed by atoms with Crippen LogP contribution in [0.15, 0.2) is 36.4 Å². The van der Waals surface area contributed by atoms with E-state index in [1.165, 1.54) is 18.2 Å². The lowest BCUT2D eigenvalue weighted by atomic mass is 9.82. The molecule has 1 aromatic carbocycles. The Bertz CT molecular complexity index is 682. The van der Waals surface area contributed by atoms with Crippen molar-refractivity contribution < 1.29 is 29.3 Å². The number of aromatic carboxylic acids is 1. The van der Waals surface area contributed by atoms with Gasteiger partial charge in [-0.25, -0.2) is 4.79 Å². The third kappa shape index (κ3) is 2.35. The average molecular weight is 303 g/mol. The average Bonchev–Trinajstić information content (AvgIpc) is 3.07. The summed E-state index contributed by atoms with van der Waals surface area (Å²) in [5.74, 6) is -4.45. The first-order valence-corrected chi connectivity index (χ1v) is 6.68. The van der Waals surface area contributed by atoms with E-state index in [9.17, 15) is 19.5 Å². The van der Waals surface area contributed by atoms with Gasteiger partial charge in [-0.3, -0.25) is 9.59 Å². The maximum Gasteiger partial charge on any atom is 0.335 e. The molecule has 0 unspecified atom stereocenters. The van der Waals surface area contributed by atoms with E-state index in [1.807, 2.05) is 0 Å². The van der Waals surface area contributed by atoms with Crippen LogP contribution in [0, 0.1) is 11.8 Å². The summed E-state index contributed by atoms with van der Waals surface area (Å²) >= 11 is 0. The molecule has 0 saturated carbocycles. The molecule has 7 heteroatoms. The zero-order valence-electron chi connectivity index (χ0n) is 11.3. The Morgan fingerprint density at radius 2 is 1.73 bits per heavy atom. The number of carboxylic acid groups (broad SMARTS) is 2. The van der Waals surface area contributed by atoms with Gasteiger partial charge in [0.1, 0.15) is 5.92 Å². The minimum absolute atomic E-state index is 0.0386. The van der Waals surface area contributed by atoms with Gasteiger partial charge in [0, 0.05) is 5.69 Å². The fraction of sp³-hybridized carbons (Fsp3) is 0.267. The van der Waals surface area contributed by atoms with Crippen molar-refractivity contribution >= 4 is 23.5 Å². The van der Waals surface area contributed by atoms with Gasteiger partial charge in [-0.1, -0.05) is 18.2 Å². The molecule has 2 aliphatic rings. The lowest BCUT2D eigenvalue weighted by Crippen LogP contribution is -2.39. The third-order valence-corrected chi connectivity index (χ3v) is 3.86. The highest BCUT2D eigenvalue weighted by molar-refractivity contribution is 5.98. The number of aliphatic carboxylic acids is 1. The Morgan fingerprint density at radius 3 is 2.36 bits per heavy atom. The quantitative estimate of drug-likeness (QED) is 0.715. The topological polar surface area (TPSA) is 113 Å². The van der Waals surface area contributed by atoms with Gasteiger partial charge in [0.05, 0.1) is 23.7 Å². The van der Waals surface area contributed by atoms with Gasteiger partial charge in [-0.15, -0.1) is 0 Å². The van der Waals surface area contributed by atoms with Crippen molar-refractivity contribution in [3.8, 4) is 0 Å². The number of carbonyl (C=O) groups is 3. The highest BCUT2D eigenvalue weighted by atomic mass is 16.5. The summed E-state index contributed by atoms with van der Waals surface area (Å²) in [5.41, 5.74) is 0.345. The van der Waals surface area contributed by atoms with Crippen LogP contribution in [-0.2, 0) is 14.3 Å². The molecule has 1 aromatic rings. The van der Waals surface area contributed by atoms with Crippen molar-refractivity contribution in [1.29, 1.82) is 0 Å². The number of ether oxygens (including phenoxy) is 1. The van der Waals surface area contributed by atoms with Gasteiger partial charge in [0.2, 0.25) is 5.91 Å². The second kappa shape index (κ2) is 5.27. The number of hydrogen-bond donors (Lipinski definition) is 3. The Kier molecular flexibility index (Phi) is 3.42. The number of carboxylic acids is 2. The van der Waals surface area contributed by atoms with Gasteiger partial charge >= 0.3 is 11.9 Å². The van der Waals surface area contributed by atoms with Crippen molar-refractivity contribution in [2.45, 2.75) is 12.2 Å². The normalized spacial score (nSPS) is 28.5. The molecule has 2 aliphatic heterocycles. The first-order chi connectivity index (χ1) is 10.5. The Labute approximate surface area is 125 Å². The summed E-state index contributed by atoms with van der Waals surface area (Å²) in [6.45, 7) is 0. The van der Waals surface area contributed by atoms with Crippen molar-refractivity contribution in [1.82, 2.24) is 0 Å². The highest BCUT2D eigenvalue weighted by Crippen LogP contribution is 2.39. The van der Waals surface area contributed by atoms with Crippen molar-refractivity contribution in [3.05, 3.63) is 42.0 Å². The number of fused-ring (bicyclic) bond motifs is 2. The SMILES string of the molecule is O=C(O)c1cccc(NC(=O)[C@H]2[C@H](C(=O)O)[C@H]3C=C[C@H]2O3)c1. The molecule has 0 aromatic heterocycles. The molecule has 4 atom stereocenters. The zero-order chi connectivity index (χ0) is 15.9. The van der Waals surface area contributed by atoms with Crippen LogP contribution in [0.5, 0.6) is 0 Å². The van der Waals surface area contributed by atoms with E-state index < -0.39 is 41.9 Å². The summed E-state index contributed by atoms with van der Waals surface area (Å²) in [7, 11) is 0. The first kappa shape index (κ1) is 14.3. The summed E-state index contributed by atoms with van der Waals surface area (Å²) < 4.78 is 5.43. The van der Waals surface area contributed by atoms with Gasteiger partial charge in [-0.2, -0.15) is 0 Å². The van der Waals surface area contributed by atoms with E-state index in [2.05, 4.69) is 5.32 Å². The second-order valence-electron chi connectivity index (χ2n) is 5.22. The van der Waals surface area contributed by atoms with E-state index in [4.69, 9.17) is 9.84 Å². The first-order valence-electron chi connectivity index (χ1n) is 6.68. The number of anilines is 1. The van der Waals surface area contributed by atoms with Crippen LogP contribution in [0.3, 0.4) is 0 Å². The standard InChI is InChI=1S/C15H13NO6/c17-13(16-8-3-1-2-7(6-8)14(18)19)11-9-4-5-10(22-9)12(11)15(20)21/h1-6,9-12H,(H,16,17)(H,18,19)(H,20,21)/t9-,10-,11-,12-/m1/s1. The predicted molar refractivity (Wildman–Crippen MR) is 74.4 cm³/mol. The van der Waals surface area contributed by atoms with E-state index in [1.54, 1.807) is 18.2 Å². The second-order valence-corrected chi connectivity index (χ2v) is 5.22. The molecule has 0 aliphatic carbocycles. The molecule has 3 N–H and O–H groups in total. The molecule has 3 rings (SSSR count). The van der Waals surface area contributed by atoms with Crippen molar-refractivity contribution in [3.63, 3.8) is 0 Å². The van der Waals surface area contributed by atoms with Crippen LogP contribution in [0.25, 0.3) is 0 Å². The third-order valence-electron chi connectivity index (χ3n) is 3.86. The molecule has 2 bridgehead atoms. The number of nitrogens with one attached hydrogen (secondary N) is 1. The molecule has 22 heavy (non-hydrogen) atoms. The number of rotatable bonds is 4. The van der Waals surface area contributed by atoms with Crippen molar-refractivity contribution in [2.24, 2.45) is 11.8 Å². The molecule has 0 radical (unpaired) electrons. The summed E-state index contributed by atoms with van der Waals surface area (Å²) in [4.78, 5) is 34.6. The zero-order valence-corrected chi connectivity index (χ0v) is 11.3. The van der Waals surface area contributed by atoms with Crippen LogP contribution in [-0.4, -0.2) is 40.3 Å². The van der Waals surface area contributed by atoms with Crippen LogP contribution < -0.4 is 5.32 Å². The van der Waals surface area contributed by atoms with Gasteiger partial charge in [0.25, 0.3) is 0 Å². The van der Waals surface area contributed by atoms with Crippen LogP contribution in [0.2, 0.25) is 0 Å². The molecule has 7 nitrogen and oxygen atoms in total. The summed E-state index contributed by atoms with van der Waals surface area (Å²) in [6.07, 6.45) is 2.18. The molecular weight excluding hydrogens is 290 g/mol. The molecule has 1 saturated heterocycles. The van der Waals surface area contributed by atoms with Crippen LogP contribution in [0.1, 0.15) is 10.4 Å². The number of benzene rings is 1. The maximum absolute atomic E-state index is 12.4. The van der Waals surface area contributed by atoms with Gasteiger partial charge in [0.15, 0.2) is 0 Å². The fourth-order valence-corrected chi connectivity index (χ4v) is 2.87. The molecule has 1 amide bonds. The number of amides is 1. The minimum atomic E-state index is -1.11. The Hall–Kier alpha value is -2.67. The van der Waals surface area contributed by atoms with Gasteiger partial charge < -0.3 is 20.3 Å². The number of carbonyl (C=O) groups excluding carboxylic acids is 1. The highest BCUT2D eigenvalue weighted by Gasteiger charge is 2.53. The fourth-order valence-electron chi connectivity index (χ4n) is 2.87. The summed E-state index contributed by atoms with van der Waals surface area (Å²) in [6, 6.07) is 5.77. The lowest BCUT2D eigenvalue weighted by Gasteiger charge is -2.21.